The van der Waals surface area contributed by atoms with Gasteiger partial charge in [-0.1, -0.05) is 61.5 Å². The Labute approximate surface area is 205 Å². The molecule has 35 heavy (non-hydrogen) atoms. The molecular formula is C28H31N5O2. The molecule has 7 nitrogen and oxygen atoms in total. The van der Waals surface area contributed by atoms with Gasteiger partial charge in [0.1, 0.15) is 6.54 Å². The average Bonchev–Trinajstić information content (AvgIpc) is 2.90. The molecule has 0 saturated carbocycles. The molecule has 180 valence electrons. The van der Waals surface area contributed by atoms with Crippen LogP contribution in [0, 0.1) is 0 Å². The standard InChI is InChI=1S/C28H31N5O2/c1-2-32(20-22-10-4-3-5-11-22)17-9-16-30-27(34)21-33-28(35)25-14-7-6-13-24(25)26(31-33)18-23-12-8-15-29-19-23/h3-8,10-15,19H,2,9,16-18,20-21H2,1H3,(H,30,34). The van der Waals surface area contributed by atoms with E-state index >= 15 is 0 Å². The number of carbonyl (C=O) groups excluding carboxylic acids is 1. The van der Waals surface area contributed by atoms with Gasteiger partial charge in [0.2, 0.25) is 5.91 Å². The second-order valence-corrected chi connectivity index (χ2v) is 8.55. The first-order valence-corrected chi connectivity index (χ1v) is 12.0. The Morgan fingerprint density at radius 1 is 0.971 bits per heavy atom. The number of benzene rings is 2. The Morgan fingerprint density at radius 2 is 1.71 bits per heavy atom. The minimum absolute atomic E-state index is 0.106. The minimum atomic E-state index is -0.259. The number of nitrogens with one attached hydrogen (secondary N) is 1. The predicted octanol–water partition coefficient (Wildman–Crippen LogP) is 3.41. The fourth-order valence-electron chi connectivity index (χ4n) is 4.15. The normalized spacial score (nSPS) is 11.1. The van der Waals surface area contributed by atoms with E-state index in [-0.39, 0.29) is 18.0 Å². The van der Waals surface area contributed by atoms with Gasteiger partial charge in [0.25, 0.3) is 5.56 Å². The summed E-state index contributed by atoms with van der Waals surface area (Å²) in [6.07, 6.45) is 4.88. The molecule has 0 bridgehead atoms. The van der Waals surface area contributed by atoms with E-state index in [4.69, 9.17) is 0 Å². The molecule has 0 saturated heterocycles. The van der Waals surface area contributed by atoms with Crippen LogP contribution in [0.5, 0.6) is 0 Å². The van der Waals surface area contributed by atoms with Crippen molar-refractivity contribution in [2.24, 2.45) is 0 Å². The van der Waals surface area contributed by atoms with Crippen LogP contribution >= 0.6 is 0 Å². The van der Waals surface area contributed by atoms with Gasteiger partial charge in [-0.25, -0.2) is 4.68 Å². The summed E-state index contributed by atoms with van der Waals surface area (Å²) in [7, 11) is 0. The van der Waals surface area contributed by atoms with Crippen molar-refractivity contribution in [1.29, 1.82) is 0 Å². The zero-order chi connectivity index (χ0) is 24.5. The highest BCUT2D eigenvalue weighted by atomic mass is 16.2. The monoisotopic (exact) mass is 469 g/mol. The van der Waals surface area contributed by atoms with Gasteiger partial charge in [-0.15, -0.1) is 0 Å². The summed E-state index contributed by atoms with van der Waals surface area (Å²) in [5.74, 6) is -0.215. The topological polar surface area (TPSA) is 80.1 Å². The smallest absolute Gasteiger partial charge is 0.275 e. The van der Waals surface area contributed by atoms with E-state index in [0.717, 1.165) is 42.7 Å². The number of nitrogens with zero attached hydrogens (tertiary/aromatic N) is 4. The molecule has 0 spiro atoms. The maximum atomic E-state index is 13.0. The summed E-state index contributed by atoms with van der Waals surface area (Å²) >= 11 is 0. The quantitative estimate of drug-likeness (QED) is 0.341. The van der Waals surface area contributed by atoms with Gasteiger partial charge in [0, 0.05) is 43.8 Å². The first-order chi connectivity index (χ1) is 17.1. The third-order valence-corrected chi connectivity index (χ3v) is 6.00. The predicted molar refractivity (Wildman–Crippen MR) is 138 cm³/mol. The number of rotatable bonds is 11. The number of fused-ring (bicyclic) bond motifs is 1. The zero-order valence-corrected chi connectivity index (χ0v) is 20.1. The van der Waals surface area contributed by atoms with E-state index in [9.17, 15) is 9.59 Å². The highest BCUT2D eigenvalue weighted by Crippen LogP contribution is 2.16. The largest absolute Gasteiger partial charge is 0.354 e. The fraction of sp³-hybridized carbons (Fsp3) is 0.286. The van der Waals surface area contributed by atoms with Gasteiger partial charge < -0.3 is 5.32 Å². The molecule has 4 rings (SSSR count). The highest BCUT2D eigenvalue weighted by molar-refractivity contribution is 5.84. The maximum Gasteiger partial charge on any atom is 0.275 e. The van der Waals surface area contributed by atoms with Gasteiger partial charge in [0.15, 0.2) is 0 Å². The molecule has 0 fully saturated rings. The average molecular weight is 470 g/mol. The van der Waals surface area contributed by atoms with E-state index in [2.05, 4.69) is 39.4 Å². The lowest BCUT2D eigenvalue weighted by atomic mass is 10.1. The van der Waals surface area contributed by atoms with Gasteiger partial charge in [-0.2, -0.15) is 5.10 Å². The summed E-state index contributed by atoms with van der Waals surface area (Å²) in [4.78, 5) is 32.2. The molecule has 0 unspecified atom stereocenters. The van der Waals surface area contributed by atoms with Crippen molar-refractivity contribution < 1.29 is 4.79 Å². The number of pyridine rings is 1. The summed E-state index contributed by atoms with van der Waals surface area (Å²) in [5, 5.41) is 8.87. The molecule has 4 aromatic rings. The number of amides is 1. The summed E-state index contributed by atoms with van der Waals surface area (Å²) in [5.41, 5.74) is 2.77. The van der Waals surface area contributed by atoms with E-state index in [1.807, 2.05) is 48.5 Å². The molecule has 2 heterocycles. The first-order valence-electron chi connectivity index (χ1n) is 12.0. The van der Waals surface area contributed by atoms with Crippen molar-refractivity contribution in [2.45, 2.75) is 32.9 Å². The lowest BCUT2D eigenvalue weighted by molar-refractivity contribution is -0.121. The second kappa shape index (κ2) is 12.0. The van der Waals surface area contributed by atoms with Crippen LogP contribution in [-0.4, -0.2) is 45.2 Å². The van der Waals surface area contributed by atoms with E-state index in [0.29, 0.717) is 18.4 Å². The molecular weight excluding hydrogens is 438 g/mol. The summed E-state index contributed by atoms with van der Waals surface area (Å²) in [6.45, 7) is 5.30. The molecule has 0 atom stereocenters. The second-order valence-electron chi connectivity index (χ2n) is 8.55. The van der Waals surface area contributed by atoms with Gasteiger partial charge in [0.05, 0.1) is 11.1 Å². The van der Waals surface area contributed by atoms with Crippen molar-refractivity contribution in [3.63, 3.8) is 0 Å². The Morgan fingerprint density at radius 3 is 2.46 bits per heavy atom. The zero-order valence-electron chi connectivity index (χ0n) is 20.1. The lowest BCUT2D eigenvalue weighted by Crippen LogP contribution is -2.35. The van der Waals surface area contributed by atoms with Crippen LogP contribution in [-0.2, 0) is 24.3 Å². The van der Waals surface area contributed by atoms with Crippen LogP contribution in [0.25, 0.3) is 10.8 Å². The SMILES string of the molecule is CCN(CCCNC(=O)Cn1nc(Cc2cccnc2)c2ccccc2c1=O)Cc1ccccc1. The molecule has 0 aliphatic heterocycles. The molecule has 7 heteroatoms. The van der Waals surface area contributed by atoms with Gasteiger partial charge >= 0.3 is 0 Å². The third kappa shape index (κ3) is 6.61. The number of hydrogen-bond acceptors (Lipinski definition) is 5. The lowest BCUT2D eigenvalue weighted by Gasteiger charge is -2.20. The molecule has 0 aliphatic carbocycles. The van der Waals surface area contributed by atoms with Crippen LogP contribution in [0.1, 0.15) is 30.2 Å². The maximum absolute atomic E-state index is 13.0. The van der Waals surface area contributed by atoms with Gasteiger partial charge in [-0.3, -0.25) is 19.5 Å². The van der Waals surface area contributed by atoms with Crippen molar-refractivity contribution in [3.05, 3.63) is 106 Å². The number of hydrogen-bond donors (Lipinski definition) is 1. The van der Waals surface area contributed by atoms with E-state index < -0.39 is 0 Å². The molecule has 2 aromatic carbocycles. The highest BCUT2D eigenvalue weighted by Gasteiger charge is 2.13. The minimum Gasteiger partial charge on any atom is -0.354 e. The molecule has 1 N–H and O–H groups in total. The van der Waals surface area contributed by atoms with Crippen molar-refractivity contribution in [1.82, 2.24) is 25.0 Å². The molecule has 0 aliphatic rings. The van der Waals surface area contributed by atoms with E-state index in [1.54, 1.807) is 18.5 Å². The number of aromatic nitrogens is 3. The van der Waals surface area contributed by atoms with Crippen molar-refractivity contribution in [2.75, 3.05) is 19.6 Å². The Bertz CT molecular complexity index is 1310. The van der Waals surface area contributed by atoms with Crippen LogP contribution in [0.2, 0.25) is 0 Å². The number of carbonyl (C=O) groups is 1. The molecule has 0 radical (unpaired) electrons. The van der Waals surface area contributed by atoms with Crippen LogP contribution in [0.4, 0.5) is 0 Å². The Balaban J connectivity index is 1.37. The van der Waals surface area contributed by atoms with Crippen molar-refractivity contribution in [3.8, 4) is 0 Å². The summed E-state index contributed by atoms with van der Waals surface area (Å²) in [6, 6.07) is 21.6. The van der Waals surface area contributed by atoms with Crippen molar-refractivity contribution >= 4 is 16.7 Å². The van der Waals surface area contributed by atoms with Crippen LogP contribution < -0.4 is 10.9 Å². The Hall–Kier alpha value is -3.84. The summed E-state index contributed by atoms with van der Waals surface area (Å²) < 4.78 is 1.27. The van der Waals surface area contributed by atoms with Crippen LogP contribution in [0.15, 0.2) is 83.9 Å². The fourth-order valence-corrected chi connectivity index (χ4v) is 4.15. The third-order valence-electron chi connectivity index (χ3n) is 6.00. The molecule has 1 amide bonds. The van der Waals surface area contributed by atoms with Crippen LogP contribution in [0.3, 0.4) is 0 Å². The molecule has 2 aromatic heterocycles. The Kier molecular flexibility index (Phi) is 8.35. The van der Waals surface area contributed by atoms with Gasteiger partial charge in [-0.05, 0) is 36.2 Å². The first kappa shape index (κ1) is 24.3. The van der Waals surface area contributed by atoms with E-state index in [1.165, 1.54) is 10.2 Å².